The van der Waals surface area contributed by atoms with Gasteiger partial charge in [0.05, 0.1) is 22.0 Å². The van der Waals surface area contributed by atoms with Gasteiger partial charge >= 0.3 is 6.03 Å². The molecular weight excluding hydrogens is 426 g/mol. The molecular formula is C21H30ClN3O4S. The number of hydrogen-bond donors (Lipinski definition) is 3. The van der Waals surface area contributed by atoms with Crippen molar-refractivity contribution < 1.29 is 18.3 Å². The van der Waals surface area contributed by atoms with Crippen LogP contribution in [0.15, 0.2) is 28.7 Å². The minimum Gasteiger partial charge on any atom is -0.504 e. The first-order valence-electron chi connectivity index (χ1n) is 10.3. The van der Waals surface area contributed by atoms with E-state index < -0.39 is 26.9 Å². The molecule has 1 saturated carbocycles. The second-order valence-corrected chi connectivity index (χ2v) is 11.0. The standard InChI is InChI=1S/C21H30ClN3O4S/c1-13-5-4-6-17(13)23-21(27)24-18-12-11-16(22)20(19(18)26)30(28,29)15-9-7-14(8-10-15)25(2)3/h5,11-12,14-15,17,26H,4,6-10H2,1-3H3,(H2,23,24,27). The molecule has 2 amide bonds. The Hall–Kier alpha value is -1.77. The molecule has 9 heteroatoms. The zero-order valence-electron chi connectivity index (χ0n) is 17.6. The summed E-state index contributed by atoms with van der Waals surface area (Å²) in [5, 5.41) is 15.5. The van der Waals surface area contributed by atoms with E-state index in [1.807, 2.05) is 21.0 Å². The van der Waals surface area contributed by atoms with Crippen molar-refractivity contribution >= 4 is 33.2 Å². The molecule has 1 atom stereocenters. The van der Waals surface area contributed by atoms with Crippen molar-refractivity contribution in [2.75, 3.05) is 19.4 Å². The van der Waals surface area contributed by atoms with Gasteiger partial charge in [0.25, 0.3) is 0 Å². The number of hydrogen-bond acceptors (Lipinski definition) is 5. The number of benzene rings is 1. The molecule has 1 unspecified atom stereocenters. The molecule has 0 heterocycles. The van der Waals surface area contributed by atoms with Crippen LogP contribution < -0.4 is 10.6 Å². The Morgan fingerprint density at radius 2 is 1.83 bits per heavy atom. The molecule has 3 rings (SSSR count). The van der Waals surface area contributed by atoms with Gasteiger partial charge in [-0.05, 0) is 71.7 Å². The Labute approximate surface area is 183 Å². The third-order valence-corrected chi connectivity index (χ3v) is 8.96. The van der Waals surface area contributed by atoms with Gasteiger partial charge in [-0.2, -0.15) is 0 Å². The fourth-order valence-corrected chi connectivity index (χ4v) is 6.73. The van der Waals surface area contributed by atoms with Crippen LogP contribution in [0.25, 0.3) is 0 Å². The lowest BCUT2D eigenvalue weighted by Crippen LogP contribution is -2.37. The van der Waals surface area contributed by atoms with Crippen LogP contribution >= 0.6 is 11.6 Å². The fourth-order valence-electron chi connectivity index (χ4n) is 4.31. The van der Waals surface area contributed by atoms with Gasteiger partial charge in [0, 0.05) is 6.04 Å². The van der Waals surface area contributed by atoms with Crippen molar-refractivity contribution in [2.24, 2.45) is 0 Å². The predicted octanol–water partition coefficient (Wildman–Crippen LogP) is 3.92. The highest BCUT2D eigenvalue weighted by molar-refractivity contribution is 7.92. The molecule has 7 nitrogen and oxygen atoms in total. The zero-order chi connectivity index (χ0) is 22.1. The molecule has 0 spiro atoms. The van der Waals surface area contributed by atoms with Crippen LogP contribution in [0, 0.1) is 0 Å². The van der Waals surface area contributed by atoms with Crippen LogP contribution in [-0.2, 0) is 9.84 Å². The van der Waals surface area contributed by atoms with Crippen molar-refractivity contribution in [1.29, 1.82) is 0 Å². The van der Waals surface area contributed by atoms with E-state index in [0.29, 0.717) is 18.9 Å². The molecule has 30 heavy (non-hydrogen) atoms. The van der Waals surface area contributed by atoms with Crippen molar-refractivity contribution in [1.82, 2.24) is 10.2 Å². The summed E-state index contributed by atoms with van der Waals surface area (Å²) in [6.07, 6.45) is 6.34. The van der Waals surface area contributed by atoms with E-state index in [-0.39, 0.29) is 21.6 Å². The Morgan fingerprint density at radius 3 is 2.40 bits per heavy atom. The van der Waals surface area contributed by atoms with E-state index in [1.54, 1.807) is 0 Å². The van der Waals surface area contributed by atoms with Crippen molar-refractivity contribution in [2.45, 2.75) is 67.7 Å². The zero-order valence-corrected chi connectivity index (χ0v) is 19.2. The number of nitrogens with one attached hydrogen (secondary N) is 2. The summed E-state index contributed by atoms with van der Waals surface area (Å²) < 4.78 is 26.5. The molecule has 1 aromatic rings. The lowest BCUT2D eigenvalue weighted by atomic mass is 9.94. The third kappa shape index (κ3) is 4.76. The van der Waals surface area contributed by atoms with E-state index >= 15 is 0 Å². The van der Waals surface area contributed by atoms with E-state index in [2.05, 4.69) is 21.6 Å². The highest BCUT2D eigenvalue weighted by Gasteiger charge is 2.36. The van der Waals surface area contributed by atoms with Crippen LogP contribution in [0.3, 0.4) is 0 Å². The number of sulfone groups is 1. The molecule has 0 aliphatic heterocycles. The van der Waals surface area contributed by atoms with Crippen molar-refractivity contribution in [3.8, 4) is 5.75 Å². The highest BCUT2D eigenvalue weighted by Crippen LogP contribution is 2.41. The molecule has 0 saturated heterocycles. The molecule has 1 aromatic carbocycles. The van der Waals surface area contributed by atoms with Crippen LogP contribution in [0.1, 0.15) is 45.4 Å². The highest BCUT2D eigenvalue weighted by atomic mass is 35.5. The van der Waals surface area contributed by atoms with Gasteiger partial charge in [-0.15, -0.1) is 0 Å². The van der Waals surface area contributed by atoms with E-state index in [9.17, 15) is 18.3 Å². The predicted molar refractivity (Wildman–Crippen MR) is 119 cm³/mol. The normalized spacial score (nSPS) is 24.6. The SMILES string of the molecule is CC1=CCCC1NC(=O)Nc1ccc(Cl)c(S(=O)(=O)C2CCC(N(C)C)CC2)c1O. The molecule has 3 N–H and O–H groups in total. The maximum Gasteiger partial charge on any atom is 0.319 e. The summed E-state index contributed by atoms with van der Waals surface area (Å²) in [5.41, 5.74) is 1.11. The minimum atomic E-state index is -3.84. The topological polar surface area (TPSA) is 98.7 Å². The smallest absolute Gasteiger partial charge is 0.319 e. The number of allylic oxidation sites excluding steroid dienone is 1. The number of carbonyl (C=O) groups is 1. The van der Waals surface area contributed by atoms with Crippen LogP contribution in [-0.4, -0.2) is 55.9 Å². The third-order valence-electron chi connectivity index (χ3n) is 6.21. The Balaban J connectivity index is 1.78. The van der Waals surface area contributed by atoms with Crippen LogP contribution in [0.5, 0.6) is 5.75 Å². The monoisotopic (exact) mass is 455 g/mol. The van der Waals surface area contributed by atoms with Gasteiger partial charge in [0.15, 0.2) is 15.6 Å². The Morgan fingerprint density at radius 1 is 1.17 bits per heavy atom. The second-order valence-electron chi connectivity index (χ2n) is 8.39. The first-order chi connectivity index (χ1) is 14.1. The number of carbonyl (C=O) groups excluding carboxylic acids is 1. The summed E-state index contributed by atoms with van der Waals surface area (Å²) in [6.45, 7) is 1.95. The van der Waals surface area contributed by atoms with Gasteiger partial charge in [0.1, 0.15) is 4.90 Å². The van der Waals surface area contributed by atoms with Crippen LogP contribution in [0.4, 0.5) is 10.5 Å². The molecule has 2 aliphatic carbocycles. The summed E-state index contributed by atoms with van der Waals surface area (Å²) >= 11 is 6.19. The van der Waals surface area contributed by atoms with E-state index in [1.165, 1.54) is 12.1 Å². The Bertz CT molecular complexity index is 938. The van der Waals surface area contributed by atoms with Gasteiger partial charge in [-0.1, -0.05) is 23.3 Å². The van der Waals surface area contributed by atoms with E-state index in [4.69, 9.17) is 11.6 Å². The minimum absolute atomic E-state index is 0.0251. The molecule has 0 aromatic heterocycles. The number of nitrogens with zero attached hydrogens (tertiary/aromatic N) is 1. The quantitative estimate of drug-likeness (QED) is 0.461. The summed E-state index contributed by atoms with van der Waals surface area (Å²) in [6, 6.07) is 2.61. The maximum atomic E-state index is 13.3. The second kappa shape index (κ2) is 9.16. The largest absolute Gasteiger partial charge is 0.504 e. The molecule has 166 valence electrons. The van der Waals surface area contributed by atoms with Gasteiger partial charge in [0.2, 0.25) is 0 Å². The lowest BCUT2D eigenvalue weighted by molar-refractivity contribution is 0.230. The first-order valence-corrected chi connectivity index (χ1v) is 12.2. The number of phenols is 1. The molecule has 2 aliphatic rings. The average molecular weight is 456 g/mol. The van der Waals surface area contributed by atoms with E-state index in [0.717, 1.165) is 31.3 Å². The lowest BCUT2D eigenvalue weighted by Gasteiger charge is -2.32. The maximum absolute atomic E-state index is 13.3. The summed E-state index contributed by atoms with van der Waals surface area (Å²) in [4.78, 5) is 14.2. The number of phenolic OH excluding ortho intramolecular Hbond substituents is 1. The van der Waals surface area contributed by atoms with Crippen LogP contribution in [0.2, 0.25) is 5.02 Å². The molecule has 0 radical (unpaired) electrons. The fraction of sp³-hybridized carbons (Fsp3) is 0.571. The van der Waals surface area contributed by atoms with Crippen molar-refractivity contribution in [3.05, 3.63) is 28.8 Å². The number of anilines is 1. The number of rotatable bonds is 5. The van der Waals surface area contributed by atoms with Gasteiger partial charge < -0.3 is 20.6 Å². The molecule has 0 bridgehead atoms. The number of halogens is 1. The average Bonchev–Trinajstić information content (AvgIpc) is 3.08. The number of urea groups is 1. The van der Waals surface area contributed by atoms with Gasteiger partial charge in [-0.25, -0.2) is 13.2 Å². The number of amides is 2. The summed E-state index contributed by atoms with van der Waals surface area (Å²) in [7, 11) is 0.139. The number of aromatic hydroxyl groups is 1. The molecule has 1 fully saturated rings. The van der Waals surface area contributed by atoms with Crippen molar-refractivity contribution in [3.63, 3.8) is 0 Å². The summed E-state index contributed by atoms with van der Waals surface area (Å²) in [5.74, 6) is -0.508. The van der Waals surface area contributed by atoms with Gasteiger partial charge in [-0.3, -0.25) is 0 Å². The Kier molecular flexibility index (Phi) is 6.99. The first kappa shape index (κ1) is 22.9.